The van der Waals surface area contributed by atoms with E-state index in [2.05, 4.69) is 4.98 Å². The molecule has 1 N–H and O–H groups in total. The molecule has 1 amide bonds. The van der Waals surface area contributed by atoms with Gasteiger partial charge in [-0.25, -0.2) is 4.98 Å². The Bertz CT molecular complexity index is 1180. The SMILES string of the molecule is O=C(Cn1cnc2c(oc3ccccc32)c1=O)N(CCO)Cc1ccccc1. The van der Waals surface area contributed by atoms with Gasteiger partial charge in [-0.05, 0) is 17.7 Å². The van der Waals surface area contributed by atoms with E-state index in [1.54, 1.807) is 6.07 Å². The molecule has 7 heteroatoms. The number of rotatable bonds is 6. The van der Waals surface area contributed by atoms with Crippen molar-refractivity contribution in [3.63, 3.8) is 0 Å². The predicted molar refractivity (Wildman–Crippen MR) is 105 cm³/mol. The van der Waals surface area contributed by atoms with Crippen LogP contribution in [0.5, 0.6) is 0 Å². The van der Waals surface area contributed by atoms with Gasteiger partial charge in [0.1, 0.15) is 17.6 Å². The van der Waals surface area contributed by atoms with Gasteiger partial charge in [0.25, 0.3) is 5.56 Å². The van der Waals surface area contributed by atoms with Crippen molar-refractivity contribution in [1.82, 2.24) is 14.5 Å². The van der Waals surface area contributed by atoms with Crippen molar-refractivity contribution in [3.8, 4) is 0 Å². The summed E-state index contributed by atoms with van der Waals surface area (Å²) in [5, 5.41) is 10.1. The molecule has 0 aliphatic rings. The summed E-state index contributed by atoms with van der Waals surface area (Å²) in [5.74, 6) is -0.280. The van der Waals surface area contributed by atoms with E-state index < -0.39 is 5.56 Å². The molecule has 4 aromatic rings. The predicted octanol–water partition coefficient (Wildman–Crippen LogP) is 2.16. The fourth-order valence-electron chi connectivity index (χ4n) is 3.19. The van der Waals surface area contributed by atoms with Crippen LogP contribution < -0.4 is 5.56 Å². The van der Waals surface area contributed by atoms with Crippen LogP contribution in [0.3, 0.4) is 0 Å². The third-order valence-electron chi connectivity index (χ3n) is 4.60. The van der Waals surface area contributed by atoms with Gasteiger partial charge in [-0.3, -0.25) is 14.2 Å². The van der Waals surface area contributed by atoms with Crippen molar-refractivity contribution in [1.29, 1.82) is 0 Å². The number of carbonyl (C=O) groups is 1. The van der Waals surface area contributed by atoms with E-state index in [0.717, 1.165) is 10.9 Å². The fourth-order valence-corrected chi connectivity index (χ4v) is 3.19. The Labute approximate surface area is 160 Å². The lowest BCUT2D eigenvalue weighted by atomic mass is 10.2. The Hall–Kier alpha value is -3.45. The number of nitrogens with zero attached hydrogens (tertiary/aromatic N) is 3. The minimum atomic E-state index is -0.404. The van der Waals surface area contributed by atoms with Gasteiger partial charge in [-0.1, -0.05) is 42.5 Å². The number of carbonyl (C=O) groups excluding carboxylic acids is 1. The largest absolute Gasteiger partial charge is 0.448 e. The van der Waals surface area contributed by atoms with Crippen molar-refractivity contribution >= 4 is 28.0 Å². The summed E-state index contributed by atoms with van der Waals surface area (Å²) in [6, 6.07) is 16.8. The quantitative estimate of drug-likeness (QED) is 0.556. The fraction of sp³-hybridized carbons (Fsp3) is 0.190. The summed E-state index contributed by atoms with van der Waals surface area (Å²) in [7, 11) is 0. The normalized spacial score (nSPS) is 11.2. The molecule has 2 aromatic heterocycles. The topological polar surface area (TPSA) is 88.6 Å². The molecule has 0 saturated heterocycles. The molecule has 0 spiro atoms. The van der Waals surface area contributed by atoms with Gasteiger partial charge < -0.3 is 14.4 Å². The standard InChI is InChI=1S/C21H19N3O4/c25-11-10-23(12-15-6-2-1-3-7-15)18(26)13-24-14-22-19-16-8-4-5-9-17(16)28-20(19)21(24)27/h1-9,14,25H,10-13H2. The molecule has 0 fully saturated rings. The molecular weight excluding hydrogens is 358 g/mol. The molecule has 2 aromatic carbocycles. The molecule has 4 rings (SSSR count). The summed E-state index contributed by atoms with van der Waals surface area (Å²) in [4.78, 5) is 31.4. The first-order valence-corrected chi connectivity index (χ1v) is 8.96. The van der Waals surface area contributed by atoms with Crippen LogP contribution in [0.25, 0.3) is 22.1 Å². The van der Waals surface area contributed by atoms with Crippen molar-refractivity contribution < 1.29 is 14.3 Å². The zero-order chi connectivity index (χ0) is 19.5. The average Bonchev–Trinajstić information content (AvgIpc) is 3.10. The van der Waals surface area contributed by atoms with Crippen LogP contribution in [0.1, 0.15) is 5.56 Å². The number of furan rings is 1. The van der Waals surface area contributed by atoms with Crippen LogP contribution in [0.4, 0.5) is 0 Å². The Morgan fingerprint density at radius 2 is 1.86 bits per heavy atom. The molecule has 0 radical (unpaired) electrons. The highest BCUT2D eigenvalue weighted by Gasteiger charge is 2.18. The van der Waals surface area contributed by atoms with Gasteiger partial charge in [0.05, 0.1) is 12.9 Å². The minimum Gasteiger partial charge on any atom is -0.448 e. The Balaban J connectivity index is 1.62. The summed E-state index contributed by atoms with van der Waals surface area (Å²) in [5.41, 5.74) is 1.74. The monoisotopic (exact) mass is 377 g/mol. The van der Waals surface area contributed by atoms with Gasteiger partial charge in [0.15, 0.2) is 0 Å². The van der Waals surface area contributed by atoms with Crippen LogP contribution >= 0.6 is 0 Å². The first-order chi connectivity index (χ1) is 13.7. The van der Waals surface area contributed by atoms with Crippen LogP contribution in [0, 0.1) is 0 Å². The number of amides is 1. The molecule has 2 heterocycles. The van der Waals surface area contributed by atoms with E-state index >= 15 is 0 Å². The van der Waals surface area contributed by atoms with Gasteiger partial charge in [-0.2, -0.15) is 0 Å². The molecule has 0 atom stereocenters. The number of aliphatic hydroxyl groups excluding tert-OH is 1. The van der Waals surface area contributed by atoms with Crippen molar-refractivity contribution in [2.75, 3.05) is 13.2 Å². The molecule has 0 aliphatic carbocycles. The maximum Gasteiger partial charge on any atom is 0.297 e. The third kappa shape index (κ3) is 3.39. The maximum absolute atomic E-state index is 12.8. The summed E-state index contributed by atoms with van der Waals surface area (Å²) in [6.45, 7) is 0.206. The molecule has 0 unspecified atom stereocenters. The second kappa shape index (κ2) is 7.66. The number of aliphatic hydroxyl groups is 1. The van der Waals surface area contributed by atoms with Crippen molar-refractivity contribution in [3.05, 3.63) is 76.8 Å². The van der Waals surface area contributed by atoms with E-state index in [1.165, 1.54) is 15.8 Å². The number of hydrogen-bond acceptors (Lipinski definition) is 5. The molecular formula is C21H19N3O4. The van der Waals surface area contributed by atoms with E-state index in [1.807, 2.05) is 48.5 Å². The van der Waals surface area contributed by atoms with Gasteiger partial charge in [0, 0.05) is 18.5 Å². The second-order valence-corrected chi connectivity index (χ2v) is 6.48. The number of benzene rings is 2. The van der Waals surface area contributed by atoms with Crippen LogP contribution in [0.2, 0.25) is 0 Å². The summed E-state index contributed by atoms with van der Waals surface area (Å²) < 4.78 is 6.89. The van der Waals surface area contributed by atoms with Crippen molar-refractivity contribution in [2.24, 2.45) is 0 Å². The van der Waals surface area contributed by atoms with E-state index in [4.69, 9.17) is 4.42 Å². The smallest absolute Gasteiger partial charge is 0.297 e. The molecule has 0 aliphatic heterocycles. The Morgan fingerprint density at radius 1 is 1.11 bits per heavy atom. The molecule has 0 saturated carbocycles. The van der Waals surface area contributed by atoms with E-state index in [0.29, 0.717) is 17.6 Å². The highest BCUT2D eigenvalue weighted by atomic mass is 16.3. The van der Waals surface area contributed by atoms with Crippen LogP contribution in [-0.4, -0.2) is 38.6 Å². The molecule has 0 bridgehead atoms. The van der Waals surface area contributed by atoms with Gasteiger partial charge in [-0.15, -0.1) is 0 Å². The second-order valence-electron chi connectivity index (χ2n) is 6.48. The maximum atomic E-state index is 12.8. The zero-order valence-electron chi connectivity index (χ0n) is 15.1. The third-order valence-corrected chi connectivity index (χ3v) is 4.60. The molecule has 7 nitrogen and oxygen atoms in total. The number of hydrogen-bond donors (Lipinski definition) is 1. The molecule has 142 valence electrons. The zero-order valence-corrected chi connectivity index (χ0v) is 15.1. The van der Waals surface area contributed by atoms with Crippen LogP contribution in [-0.2, 0) is 17.9 Å². The van der Waals surface area contributed by atoms with E-state index in [-0.39, 0.29) is 31.2 Å². The average molecular weight is 377 g/mol. The number of para-hydroxylation sites is 1. The number of aromatic nitrogens is 2. The summed E-state index contributed by atoms with van der Waals surface area (Å²) in [6.07, 6.45) is 1.37. The highest BCUT2D eigenvalue weighted by Crippen LogP contribution is 2.24. The first kappa shape index (κ1) is 17.9. The Kier molecular flexibility index (Phi) is 4.90. The lowest BCUT2D eigenvalue weighted by Gasteiger charge is -2.22. The first-order valence-electron chi connectivity index (χ1n) is 8.96. The molecule has 28 heavy (non-hydrogen) atoms. The lowest BCUT2D eigenvalue weighted by molar-refractivity contribution is -0.133. The minimum absolute atomic E-state index is 0.133. The van der Waals surface area contributed by atoms with Gasteiger partial charge >= 0.3 is 0 Å². The van der Waals surface area contributed by atoms with Crippen molar-refractivity contribution in [2.45, 2.75) is 13.1 Å². The van der Waals surface area contributed by atoms with E-state index in [9.17, 15) is 14.7 Å². The number of fused-ring (bicyclic) bond motifs is 3. The Morgan fingerprint density at radius 3 is 2.64 bits per heavy atom. The van der Waals surface area contributed by atoms with Crippen LogP contribution in [0.15, 0.2) is 70.1 Å². The van der Waals surface area contributed by atoms with Gasteiger partial charge in [0.2, 0.25) is 11.5 Å². The lowest BCUT2D eigenvalue weighted by Crippen LogP contribution is -2.37. The summed E-state index contributed by atoms with van der Waals surface area (Å²) >= 11 is 0. The highest BCUT2D eigenvalue weighted by molar-refractivity contribution is 6.01.